The summed E-state index contributed by atoms with van der Waals surface area (Å²) >= 11 is 0. The molecule has 1 unspecified atom stereocenters. The van der Waals surface area contributed by atoms with E-state index in [4.69, 9.17) is 10.5 Å². The van der Waals surface area contributed by atoms with E-state index in [-0.39, 0.29) is 12.0 Å². The molecular weight excluding hydrogens is 268 g/mol. The molecule has 1 atom stereocenters. The first kappa shape index (κ1) is 15.4. The molecule has 0 saturated heterocycles. The number of nitrogens with zero attached hydrogens (tertiary/aromatic N) is 1. The molecule has 5 nitrogen and oxygen atoms in total. The monoisotopic (exact) mass is 290 g/mol. The lowest BCUT2D eigenvalue weighted by Gasteiger charge is -2.34. The van der Waals surface area contributed by atoms with Gasteiger partial charge in [0.1, 0.15) is 5.60 Å². The van der Waals surface area contributed by atoms with Gasteiger partial charge in [-0.05, 0) is 56.9 Å². The predicted molar refractivity (Wildman–Crippen MR) is 81.6 cm³/mol. The maximum atomic E-state index is 12.3. The molecule has 2 amide bonds. The van der Waals surface area contributed by atoms with Gasteiger partial charge in [0.15, 0.2) is 0 Å². The van der Waals surface area contributed by atoms with E-state index in [1.54, 1.807) is 23.1 Å². The number of hydrogen-bond acceptors (Lipinski definition) is 3. The van der Waals surface area contributed by atoms with Crippen molar-refractivity contribution in [2.45, 2.75) is 45.6 Å². The number of primary amides is 1. The third-order valence-electron chi connectivity index (χ3n) is 3.53. The normalized spacial score (nSPS) is 18.1. The molecule has 0 aliphatic carbocycles. The lowest BCUT2D eigenvalue weighted by molar-refractivity contribution is 0.0577. The molecule has 0 bridgehead atoms. The van der Waals surface area contributed by atoms with E-state index in [9.17, 15) is 9.59 Å². The van der Waals surface area contributed by atoms with Crippen molar-refractivity contribution in [1.82, 2.24) is 0 Å². The third-order valence-corrected chi connectivity index (χ3v) is 3.53. The third kappa shape index (κ3) is 3.35. The first-order valence-electron chi connectivity index (χ1n) is 7.13. The van der Waals surface area contributed by atoms with Gasteiger partial charge in [-0.2, -0.15) is 0 Å². The minimum Gasteiger partial charge on any atom is -0.443 e. The van der Waals surface area contributed by atoms with Crippen molar-refractivity contribution >= 4 is 17.7 Å². The lowest BCUT2D eigenvalue weighted by Crippen LogP contribution is -2.40. The first-order valence-corrected chi connectivity index (χ1v) is 7.13. The predicted octanol–water partition coefficient (Wildman–Crippen LogP) is 3.03. The molecule has 5 heteroatoms. The molecule has 0 fully saturated rings. The zero-order valence-electron chi connectivity index (χ0n) is 13.0. The molecule has 0 aromatic heterocycles. The van der Waals surface area contributed by atoms with Gasteiger partial charge in [0, 0.05) is 12.1 Å². The van der Waals surface area contributed by atoms with E-state index in [1.807, 2.05) is 20.8 Å². The van der Waals surface area contributed by atoms with Crippen LogP contribution in [0.5, 0.6) is 0 Å². The van der Waals surface area contributed by atoms with Crippen LogP contribution in [0.1, 0.15) is 56.0 Å². The fourth-order valence-corrected chi connectivity index (χ4v) is 2.45. The first-order chi connectivity index (χ1) is 9.69. The van der Waals surface area contributed by atoms with Crippen LogP contribution >= 0.6 is 0 Å². The molecule has 1 aromatic rings. The Morgan fingerprint density at radius 2 is 2.00 bits per heavy atom. The number of hydrogen-bond donors (Lipinski definition) is 1. The average Bonchev–Trinajstić information content (AvgIpc) is 2.36. The Morgan fingerprint density at radius 1 is 1.33 bits per heavy atom. The number of carbonyl (C=O) groups excluding carboxylic acids is 2. The molecule has 1 heterocycles. The average molecular weight is 290 g/mol. The van der Waals surface area contributed by atoms with Gasteiger partial charge >= 0.3 is 6.09 Å². The van der Waals surface area contributed by atoms with Gasteiger partial charge in [-0.25, -0.2) is 4.79 Å². The largest absolute Gasteiger partial charge is 0.443 e. The number of ether oxygens (including phenoxy) is 1. The Hall–Kier alpha value is -2.04. The van der Waals surface area contributed by atoms with E-state index >= 15 is 0 Å². The van der Waals surface area contributed by atoms with Crippen LogP contribution in [0.2, 0.25) is 0 Å². The number of nitrogens with two attached hydrogens (primary N) is 1. The number of anilines is 1. The minimum atomic E-state index is -0.534. The summed E-state index contributed by atoms with van der Waals surface area (Å²) in [4.78, 5) is 25.3. The van der Waals surface area contributed by atoms with E-state index in [0.717, 1.165) is 17.7 Å². The zero-order valence-corrected chi connectivity index (χ0v) is 13.0. The van der Waals surface area contributed by atoms with Crippen LogP contribution in [0.15, 0.2) is 18.2 Å². The number of fused-ring (bicyclic) bond motifs is 1. The van der Waals surface area contributed by atoms with Crippen LogP contribution in [0.3, 0.4) is 0 Å². The fraction of sp³-hybridized carbons (Fsp3) is 0.500. The highest BCUT2D eigenvalue weighted by Gasteiger charge is 2.30. The molecule has 1 aliphatic heterocycles. The van der Waals surface area contributed by atoms with Crippen molar-refractivity contribution in [3.05, 3.63) is 29.3 Å². The lowest BCUT2D eigenvalue weighted by atomic mass is 9.90. The van der Waals surface area contributed by atoms with Gasteiger partial charge < -0.3 is 10.5 Å². The fourth-order valence-electron chi connectivity index (χ4n) is 2.45. The maximum Gasteiger partial charge on any atom is 0.414 e. The van der Waals surface area contributed by atoms with Crippen LogP contribution in [0.4, 0.5) is 10.5 Å². The summed E-state index contributed by atoms with van der Waals surface area (Å²) in [6.07, 6.45) is 0.469. The molecule has 1 aromatic carbocycles. The Kier molecular flexibility index (Phi) is 3.94. The molecule has 2 N–H and O–H groups in total. The standard InChI is InChI=1S/C16H22N2O3/c1-10-7-8-18(15(20)21-16(2,3)4)13-6-5-11(14(17)19)9-12(10)13/h5-6,9-10H,7-8H2,1-4H3,(H2,17,19). The highest BCUT2D eigenvalue weighted by Crippen LogP contribution is 2.36. The summed E-state index contributed by atoms with van der Waals surface area (Å²) in [7, 11) is 0. The Balaban J connectivity index is 2.36. The number of rotatable bonds is 1. The Morgan fingerprint density at radius 3 is 2.57 bits per heavy atom. The van der Waals surface area contributed by atoms with E-state index < -0.39 is 11.5 Å². The SMILES string of the molecule is CC1CCN(C(=O)OC(C)(C)C)c2ccc(C(N)=O)cc21. The molecule has 1 aliphatic rings. The molecular formula is C16H22N2O3. The van der Waals surface area contributed by atoms with Crippen molar-refractivity contribution in [3.63, 3.8) is 0 Å². The summed E-state index contributed by atoms with van der Waals surface area (Å²) < 4.78 is 5.44. The smallest absolute Gasteiger partial charge is 0.414 e. The summed E-state index contributed by atoms with van der Waals surface area (Å²) in [6.45, 7) is 8.22. The minimum absolute atomic E-state index is 0.276. The molecule has 2 rings (SSSR count). The van der Waals surface area contributed by atoms with Crippen LogP contribution in [-0.2, 0) is 4.74 Å². The maximum absolute atomic E-state index is 12.3. The van der Waals surface area contributed by atoms with Gasteiger partial charge in [-0.15, -0.1) is 0 Å². The van der Waals surface area contributed by atoms with Crippen LogP contribution < -0.4 is 10.6 Å². The second-order valence-electron chi connectivity index (χ2n) is 6.46. The molecule has 114 valence electrons. The van der Waals surface area contributed by atoms with Crippen LogP contribution in [0.25, 0.3) is 0 Å². The molecule has 0 saturated carbocycles. The van der Waals surface area contributed by atoms with E-state index in [2.05, 4.69) is 6.92 Å². The van der Waals surface area contributed by atoms with Crippen molar-refractivity contribution < 1.29 is 14.3 Å². The Labute approximate surface area is 125 Å². The van der Waals surface area contributed by atoms with Crippen molar-refractivity contribution in [1.29, 1.82) is 0 Å². The van der Waals surface area contributed by atoms with Gasteiger partial charge in [0.2, 0.25) is 5.91 Å². The summed E-state index contributed by atoms with van der Waals surface area (Å²) in [6, 6.07) is 5.20. The summed E-state index contributed by atoms with van der Waals surface area (Å²) in [5.41, 5.74) is 7.02. The number of benzene rings is 1. The van der Waals surface area contributed by atoms with Crippen LogP contribution in [-0.4, -0.2) is 24.1 Å². The second-order valence-corrected chi connectivity index (χ2v) is 6.46. The van der Waals surface area contributed by atoms with Gasteiger partial charge in [-0.3, -0.25) is 9.69 Å². The highest BCUT2D eigenvalue weighted by atomic mass is 16.6. The van der Waals surface area contributed by atoms with Crippen molar-refractivity contribution in [3.8, 4) is 0 Å². The van der Waals surface area contributed by atoms with Crippen molar-refractivity contribution in [2.24, 2.45) is 5.73 Å². The van der Waals surface area contributed by atoms with Gasteiger partial charge in [0.05, 0.1) is 5.69 Å². The molecule has 0 radical (unpaired) electrons. The van der Waals surface area contributed by atoms with Gasteiger partial charge in [0.25, 0.3) is 0 Å². The zero-order chi connectivity index (χ0) is 15.8. The number of amides is 2. The quantitative estimate of drug-likeness (QED) is 0.864. The van der Waals surface area contributed by atoms with Crippen molar-refractivity contribution in [2.75, 3.05) is 11.4 Å². The van der Waals surface area contributed by atoms with Crippen LogP contribution in [0, 0.1) is 0 Å². The van der Waals surface area contributed by atoms with Gasteiger partial charge in [-0.1, -0.05) is 6.92 Å². The summed E-state index contributed by atoms with van der Waals surface area (Å²) in [5, 5.41) is 0. The van der Waals surface area contributed by atoms with E-state index in [0.29, 0.717) is 12.1 Å². The number of carbonyl (C=O) groups is 2. The summed E-state index contributed by atoms with van der Waals surface area (Å²) in [5.74, 6) is -0.183. The Bertz CT molecular complexity index is 575. The van der Waals surface area contributed by atoms with E-state index in [1.165, 1.54) is 0 Å². The highest BCUT2D eigenvalue weighted by molar-refractivity contribution is 5.95. The topological polar surface area (TPSA) is 72.6 Å². The molecule has 0 spiro atoms. The molecule has 21 heavy (non-hydrogen) atoms. The second kappa shape index (κ2) is 5.39.